The van der Waals surface area contributed by atoms with Crippen LogP contribution >= 0.6 is 0 Å². The van der Waals surface area contributed by atoms with Crippen molar-refractivity contribution in [3.05, 3.63) is 0 Å². The number of amides is 2. The smallest absolute Gasteiger partial charge is 0.240 e. The van der Waals surface area contributed by atoms with Gasteiger partial charge >= 0.3 is 0 Å². The van der Waals surface area contributed by atoms with Crippen molar-refractivity contribution in [2.75, 3.05) is 13.7 Å². The zero-order valence-corrected chi connectivity index (χ0v) is 6.64. The van der Waals surface area contributed by atoms with Crippen LogP contribution in [0.5, 0.6) is 0 Å². The summed E-state index contributed by atoms with van der Waals surface area (Å²) in [6, 6.07) is 0. The van der Waals surface area contributed by atoms with E-state index in [9.17, 15) is 9.59 Å². The molecule has 5 heteroatoms. The zero-order valence-electron chi connectivity index (χ0n) is 6.64. The van der Waals surface area contributed by atoms with Crippen LogP contribution in [0.2, 0.25) is 0 Å². The molecule has 0 radical (unpaired) electrons. The molecular formula is C6H12N2O3. The van der Waals surface area contributed by atoms with Gasteiger partial charge in [0.05, 0.1) is 13.0 Å². The summed E-state index contributed by atoms with van der Waals surface area (Å²) in [6.45, 7) is 1.53. The van der Waals surface area contributed by atoms with Crippen LogP contribution in [-0.2, 0) is 14.4 Å². The number of hydrogen-bond acceptors (Lipinski definition) is 3. The van der Waals surface area contributed by atoms with Crippen LogP contribution in [-0.4, -0.2) is 25.5 Å². The van der Waals surface area contributed by atoms with E-state index in [2.05, 4.69) is 15.6 Å². The first-order chi connectivity index (χ1) is 5.16. The normalized spacial score (nSPS) is 8.91. The number of carbonyl (C=O) groups excluding carboxylic acids is 2. The van der Waals surface area contributed by atoms with Crippen molar-refractivity contribution in [3.63, 3.8) is 0 Å². The van der Waals surface area contributed by atoms with Crippen LogP contribution in [0, 0.1) is 0 Å². The maximum Gasteiger partial charge on any atom is 0.240 e. The van der Waals surface area contributed by atoms with Gasteiger partial charge in [0.25, 0.3) is 0 Å². The van der Waals surface area contributed by atoms with Gasteiger partial charge in [-0.25, -0.2) is 5.48 Å². The average Bonchev–Trinajstić information content (AvgIpc) is 1.97. The Balaban J connectivity index is 3.14. The third-order valence-electron chi connectivity index (χ3n) is 0.926. The molecule has 0 aromatic carbocycles. The molecule has 0 atom stereocenters. The molecule has 0 aliphatic rings. The first-order valence-electron chi connectivity index (χ1n) is 3.25. The SMILES string of the molecule is CNC(=O)CCONC(C)=O. The average molecular weight is 160 g/mol. The zero-order chi connectivity index (χ0) is 8.69. The highest BCUT2D eigenvalue weighted by atomic mass is 16.6. The Hall–Kier alpha value is -1.10. The fraction of sp³-hybridized carbons (Fsp3) is 0.667. The molecule has 0 spiro atoms. The molecule has 0 rings (SSSR count). The molecule has 5 nitrogen and oxygen atoms in total. The maximum atomic E-state index is 10.6. The van der Waals surface area contributed by atoms with Crippen LogP contribution in [0.25, 0.3) is 0 Å². The first-order valence-corrected chi connectivity index (χ1v) is 3.25. The van der Waals surface area contributed by atoms with Gasteiger partial charge in [-0.05, 0) is 0 Å². The van der Waals surface area contributed by atoms with E-state index in [1.54, 1.807) is 7.05 Å². The lowest BCUT2D eigenvalue weighted by atomic mass is 10.4. The van der Waals surface area contributed by atoms with Crippen molar-refractivity contribution in [2.24, 2.45) is 0 Å². The molecule has 0 unspecified atom stereocenters. The van der Waals surface area contributed by atoms with E-state index >= 15 is 0 Å². The van der Waals surface area contributed by atoms with Gasteiger partial charge in [0, 0.05) is 14.0 Å². The third-order valence-corrected chi connectivity index (χ3v) is 0.926. The Morgan fingerprint density at radius 1 is 1.45 bits per heavy atom. The van der Waals surface area contributed by atoms with E-state index < -0.39 is 0 Å². The van der Waals surface area contributed by atoms with Crippen LogP contribution in [0.3, 0.4) is 0 Å². The predicted octanol–water partition coefficient (Wildman–Crippen LogP) is -0.810. The Bertz CT molecular complexity index is 147. The standard InChI is InChI=1S/C6H12N2O3/c1-5(9)8-11-4-3-6(10)7-2/h3-4H2,1-2H3,(H,7,10)(H,8,9). The van der Waals surface area contributed by atoms with Crippen LogP contribution in [0.4, 0.5) is 0 Å². The molecule has 11 heavy (non-hydrogen) atoms. The van der Waals surface area contributed by atoms with E-state index in [-0.39, 0.29) is 24.8 Å². The van der Waals surface area contributed by atoms with Crippen molar-refractivity contribution in [3.8, 4) is 0 Å². The van der Waals surface area contributed by atoms with Gasteiger partial charge in [-0.2, -0.15) is 0 Å². The molecule has 0 fully saturated rings. The molecule has 64 valence electrons. The van der Waals surface area contributed by atoms with E-state index in [1.165, 1.54) is 6.92 Å². The molecule has 2 amide bonds. The Labute approximate surface area is 65.1 Å². The highest BCUT2D eigenvalue weighted by molar-refractivity contribution is 5.75. The fourth-order valence-corrected chi connectivity index (χ4v) is 0.421. The van der Waals surface area contributed by atoms with Crippen molar-refractivity contribution in [1.82, 2.24) is 10.8 Å². The van der Waals surface area contributed by atoms with Crippen LogP contribution in [0.15, 0.2) is 0 Å². The molecule has 0 aliphatic carbocycles. The second-order valence-corrected chi connectivity index (χ2v) is 1.93. The monoisotopic (exact) mass is 160 g/mol. The van der Waals surface area contributed by atoms with Gasteiger partial charge in [-0.15, -0.1) is 0 Å². The molecule has 0 aliphatic heterocycles. The number of carbonyl (C=O) groups is 2. The van der Waals surface area contributed by atoms with Crippen molar-refractivity contribution < 1.29 is 14.4 Å². The minimum Gasteiger partial charge on any atom is -0.359 e. The maximum absolute atomic E-state index is 10.6. The highest BCUT2D eigenvalue weighted by Gasteiger charge is 1.97. The second-order valence-electron chi connectivity index (χ2n) is 1.93. The summed E-state index contributed by atoms with van der Waals surface area (Å²) < 4.78 is 0. The predicted molar refractivity (Wildman–Crippen MR) is 38.5 cm³/mol. The minimum atomic E-state index is -0.276. The Morgan fingerprint density at radius 3 is 2.55 bits per heavy atom. The summed E-state index contributed by atoms with van der Waals surface area (Å²) in [5.41, 5.74) is 2.11. The van der Waals surface area contributed by atoms with Gasteiger partial charge in [-0.1, -0.05) is 0 Å². The van der Waals surface area contributed by atoms with E-state index in [0.717, 1.165) is 0 Å². The second kappa shape index (κ2) is 5.67. The molecule has 0 bridgehead atoms. The number of rotatable bonds is 4. The van der Waals surface area contributed by atoms with Crippen molar-refractivity contribution in [1.29, 1.82) is 0 Å². The summed E-state index contributed by atoms with van der Waals surface area (Å²) in [4.78, 5) is 25.4. The van der Waals surface area contributed by atoms with E-state index in [4.69, 9.17) is 0 Å². The fourth-order valence-electron chi connectivity index (χ4n) is 0.421. The summed E-state index contributed by atoms with van der Waals surface area (Å²) in [7, 11) is 1.54. The Kier molecular flexibility index (Phi) is 5.10. The largest absolute Gasteiger partial charge is 0.359 e. The topological polar surface area (TPSA) is 67.4 Å². The van der Waals surface area contributed by atoms with Gasteiger partial charge in [-0.3, -0.25) is 14.4 Å². The molecule has 0 aromatic heterocycles. The highest BCUT2D eigenvalue weighted by Crippen LogP contribution is 1.78. The van der Waals surface area contributed by atoms with Gasteiger partial charge in [0.2, 0.25) is 11.8 Å². The molecule has 0 saturated heterocycles. The summed E-state index contributed by atoms with van der Waals surface area (Å²) in [6.07, 6.45) is 0.247. The van der Waals surface area contributed by atoms with Crippen molar-refractivity contribution >= 4 is 11.8 Å². The molecule has 0 aromatic rings. The van der Waals surface area contributed by atoms with Gasteiger partial charge in [0.15, 0.2) is 0 Å². The number of nitrogens with one attached hydrogen (secondary N) is 2. The summed E-state index contributed by atoms with van der Waals surface area (Å²) in [5, 5.41) is 2.42. The van der Waals surface area contributed by atoms with Crippen molar-refractivity contribution in [2.45, 2.75) is 13.3 Å². The molecule has 0 heterocycles. The third kappa shape index (κ3) is 6.79. The Morgan fingerprint density at radius 2 is 2.09 bits per heavy atom. The van der Waals surface area contributed by atoms with Crippen LogP contribution in [0.1, 0.15) is 13.3 Å². The summed E-state index contributed by atoms with van der Waals surface area (Å²) in [5.74, 6) is -0.391. The first kappa shape index (κ1) is 9.90. The van der Waals surface area contributed by atoms with E-state index in [1.807, 2.05) is 0 Å². The van der Waals surface area contributed by atoms with Gasteiger partial charge in [0.1, 0.15) is 0 Å². The minimum absolute atomic E-state index is 0.115. The lowest BCUT2D eigenvalue weighted by molar-refractivity contribution is -0.133. The number of hydrogen-bond donors (Lipinski definition) is 2. The number of hydroxylamine groups is 1. The molecule has 2 N–H and O–H groups in total. The lowest BCUT2D eigenvalue weighted by Crippen LogP contribution is -2.24. The van der Waals surface area contributed by atoms with E-state index in [0.29, 0.717) is 0 Å². The van der Waals surface area contributed by atoms with Crippen LogP contribution < -0.4 is 10.8 Å². The summed E-state index contributed by atoms with van der Waals surface area (Å²) >= 11 is 0. The quantitative estimate of drug-likeness (QED) is 0.417. The molecule has 0 saturated carbocycles. The lowest BCUT2D eigenvalue weighted by Gasteiger charge is -2.01. The molecular weight excluding hydrogens is 148 g/mol. The van der Waals surface area contributed by atoms with Gasteiger partial charge < -0.3 is 5.32 Å².